The van der Waals surface area contributed by atoms with E-state index in [1.54, 1.807) is 12.4 Å². The summed E-state index contributed by atoms with van der Waals surface area (Å²) in [4.78, 5) is 16.9. The molecule has 4 nitrogen and oxygen atoms in total. The van der Waals surface area contributed by atoms with E-state index in [0.717, 1.165) is 25.9 Å². The van der Waals surface area contributed by atoms with E-state index in [4.69, 9.17) is 0 Å². The van der Waals surface area contributed by atoms with Crippen molar-refractivity contribution in [2.24, 2.45) is 11.3 Å². The Morgan fingerprint density at radius 2 is 2.29 bits per heavy atom. The van der Waals surface area contributed by atoms with Crippen molar-refractivity contribution in [1.82, 2.24) is 15.6 Å². The third-order valence-corrected chi connectivity index (χ3v) is 5.16. The van der Waals surface area contributed by atoms with Crippen LogP contribution >= 0.6 is 0 Å². The van der Waals surface area contributed by atoms with Crippen molar-refractivity contribution in [2.45, 2.75) is 45.1 Å². The molecule has 2 N–H and O–H groups in total. The van der Waals surface area contributed by atoms with E-state index in [1.165, 1.54) is 24.8 Å². The number of fused-ring (bicyclic) bond motifs is 1. The van der Waals surface area contributed by atoms with Gasteiger partial charge in [0.05, 0.1) is 5.41 Å². The van der Waals surface area contributed by atoms with Gasteiger partial charge < -0.3 is 10.6 Å². The molecule has 3 rings (SSSR count). The molecule has 21 heavy (non-hydrogen) atoms. The Balaban J connectivity index is 1.62. The summed E-state index contributed by atoms with van der Waals surface area (Å²) in [5, 5.41) is 6.70. The largest absolute Gasteiger partial charge is 0.353 e. The summed E-state index contributed by atoms with van der Waals surface area (Å²) in [6.45, 7) is 3.95. The van der Waals surface area contributed by atoms with Crippen molar-refractivity contribution in [1.29, 1.82) is 0 Å². The lowest BCUT2D eigenvalue weighted by Crippen LogP contribution is -2.50. The minimum Gasteiger partial charge on any atom is -0.353 e. The molecule has 114 valence electrons. The Labute approximate surface area is 126 Å². The van der Waals surface area contributed by atoms with Gasteiger partial charge in [-0.2, -0.15) is 0 Å². The molecule has 1 aromatic heterocycles. The molecule has 0 bridgehead atoms. The summed E-state index contributed by atoms with van der Waals surface area (Å²) >= 11 is 0. The molecule has 3 atom stereocenters. The first kappa shape index (κ1) is 14.5. The van der Waals surface area contributed by atoms with Gasteiger partial charge in [0, 0.05) is 25.0 Å². The molecule has 2 aliphatic rings. The lowest BCUT2D eigenvalue weighted by atomic mass is 9.67. The predicted molar refractivity (Wildman–Crippen MR) is 82.8 cm³/mol. The van der Waals surface area contributed by atoms with Gasteiger partial charge in [0.2, 0.25) is 5.91 Å². The van der Waals surface area contributed by atoms with Crippen LogP contribution < -0.4 is 10.6 Å². The third-order valence-electron chi connectivity index (χ3n) is 5.16. The first-order chi connectivity index (χ1) is 10.2. The fraction of sp³-hybridized carbons (Fsp3) is 0.647. The van der Waals surface area contributed by atoms with E-state index >= 15 is 0 Å². The normalized spacial score (nSPS) is 29.7. The fourth-order valence-corrected chi connectivity index (χ4v) is 3.98. The van der Waals surface area contributed by atoms with Gasteiger partial charge in [0.25, 0.3) is 0 Å². The standard InChI is InChI=1S/C17H25N3O/c1-13(10-14-5-8-18-9-6-14)20-16(21)17-7-3-2-4-15(17)11-19-12-17/h5-6,8-9,13,15,19H,2-4,7,10-12H2,1H3,(H,20,21)/t13?,15-,17+/m0/s1. The maximum atomic E-state index is 12.8. The molecule has 2 heterocycles. The summed E-state index contributed by atoms with van der Waals surface area (Å²) < 4.78 is 0. The third kappa shape index (κ3) is 2.95. The van der Waals surface area contributed by atoms with E-state index < -0.39 is 0 Å². The number of nitrogens with one attached hydrogen (secondary N) is 2. The highest BCUT2D eigenvalue weighted by atomic mass is 16.2. The highest BCUT2D eigenvalue weighted by molar-refractivity contribution is 5.84. The Kier molecular flexibility index (Phi) is 4.24. The van der Waals surface area contributed by atoms with Crippen LogP contribution in [0.15, 0.2) is 24.5 Å². The summed E-state index contributed by atoms with van der Waals surface area (Å²) in [5.74, 6) is 0.790. The zero-order valence-corrected chi connectivity index (χ0v) is 12.8. The molecule has 1 saturated heterocycles. The van der Waals surface area contributed by atoms with Crippen molar-refractivity contribution in [3.05, 3.63) is 30.1 Å². The molecule has 1 aromatic rings. The van der Waals surface area contributed by atoms with Gasteiger partial charge in [-0.05, 0) is 56.3 Å². The maximum Gasteiger partial charge on any atom is 0.228 e. The van der Waals surface area contributed by atoms with E-state index in [2.05, 4.69) is 22.5 Å². The van der Waals surface area contributed by atoms with E-state index in [9.17, 15) is 4.79 Å². The van der Waals surface area contributed by atoms with Crippen LogP contribution in [0.25, 0.3) is 0 Å². The fourth-order valence-electron chi connectivity index (χ4n) is 3.98. The van der Waals surface area contributed by atoms with Gasteiger partial charge in [-0.15, -0.1) is 0 Å². The number of rotatable bonds is 4. The number of hydrogen-bond donors (Lipinski definition) is 2. The average molecular weight is 287 g/mol. The summed E-state index contributed by atoms with van der Waals surface area (Å²) in [7, 11) is 0. The number of aromatic nitrogens is 1. The molecule has 0 aromatic carbocycles. The molecule has 1 aliphatic heterocycles. The Morgan fingerprint density at radius 1 is 1.48 bits per heavy atom. The minimum atomic E-state index is -0.148. The van der Waals surface area contributed by atoms with Crippen LogP contribution in [0.1, 0.15) is 38.2 Å². The number of pyridine rings is 1. The second-order valence-corrected chi connectivity index (χ2v) is 6.66. The predicted octanol–water partition coefficient (Wildman–Crippen LogP) is 1.91. The molecule has 0 radical (unpaired) electrons. The molecular weight excluding hydrogens is 262 g/mol. The van der Waals surface area contributed by atoms with E-state index in [1.807, 2.05) is 12.1 Å². The van der Waals surface area contributed by atoms with E-state index in [-0.39, 0.29) is 17.4 Å². The highest BCUT2D eigenvalue weighted by Crippen LogP contribution is 2.43. The van der Waals surface area contributed by atoms with Crippen LogP contribution in [0.3, 0.4) is 0 Å². The summed E-state index contributed by atoms with van der Waals surface area (Å²) in [5.41, 5.74) is 1.07. The van der Waals surface area contributed by atoms with Crippen LogP contribution in [0.2, 0.25) is 0 Å². The Bertz CT molecular complexity index is 490. The molecule has 1 unspecified atom stereocenters. The minimum absolute atomic E-state index is 0.148. The Morgan fingerprint density at radius 3 is 3.10 bits per heavy atom. The van der Waals surface area contributed by atoms with Gasteiger partial charge in [-0.25, -0.2) is 0 Å². The average Bonchev–Trinajstić information content (AvgIpc) is 2.93. The van der Waals surface area contributed by atoms with Gasteiger partial charge in [0.15, 0.2) is 0 Å². The van der Waals surface area contributed by atoms with Crippen LogP contribution in [-0.2, 0) is 11.2 Å². The molecule has 1 saturated carbocycles. The lowest BCUT2D eigenvalue weighted by Gasteiger charge is -2.38. The summed E-state index contributed by atoms with van der Waals surface area (Å²) in [6, 6.07) is 4.20. The Hall–Kier alpha value is -1.42. The monoisotopic (exact) mass is 287 g/mol. The number of carbonyl (C=O) groups excluding carboxylic acids is 1. The van der Waals surface area contributed by atoms with Crippen molar-refractivity contribution in [3.63, 3.8) is 0 Å². The number of carbonyl (C=O) groups is 1. The zero-order chi connectivity index (χ0) is 14.7. The molecule has 1 amide bonds. The number of amides is 1. The zero-order valence-electron chi connectivity index (χ0n) is 12.8. The first-order valence-electron chi connectivity index (χ1n) is 8.11. The highest BCUT2D eigenvalue weighted by Gasteiger charge is 2.49. The van der Waals surface area contributed by atoms with Crippen LogP contribution in [0.5, 0.6) is 0 Å². The molecule has 4 heteroatoms. The second-order valence-electron chi connectivity index (χ2n) is 6.66. The van der Waals surface area contributed by atoms with Crippen molar-refractivity contribution in [2.75, 3.05) is 13.1 Å². The van der Waals surface area contributed by atoms with Crippen LogP contribution in [-0.4, -0.2) is 30.0 Å². The van der Waals surface area contributed by atoms with Crippen LogP contribution in [0.4, 0.5) is 0 Å². The van der Waals surface area contributed by atoms with E-state index in [0.29, 0.717) is 5.92 Å². The van der Waals surface area contributed by atoms with Gasteiger partial charge in [-0.3, -0.25) is 9.78 Å². The molecular formula is C17H25N3O. The molecule has 0 spiro atoms. The topological polar surface area (TPSA) is 54.0 Å². The second kappa shape index (κ2) is 6.14. The van der Waals surface area contributed by atoms with Crippen molar-refractivity contribution >= 4 is 5.91 Å². The number of hydrogen-bond acceptors (Lipinski definition) is 3. The smallest absolute Gasteiger partial charge is 0.228 e. The maximum absolute atomic E-state index is 12.8. The first-order valence-corrected chi connectivity index (χ1v) is 8.11. The lowest BCUT2D eigenvalue weighted by molar-refractivity contribution is -0.134. The quantitative estimate of drug-likeness (QED) is 0.889. The molecule has 2 fully saturated rings. The van der Waals surface area contributed by atoms with Crippen molar-refractivity contribution < 1.29 is 4.79 Å². The van der Waals surface area contributed by atoms with Crippen LogP contribution in [0, 0.1) is 11.3 Å². The van der Waals surface area contributed by atoms with Crippen molar-refractivity contribution in [3.8, 4) is 0 Å². The van der Waals surface area contributed by atoms with Gasteiger partial charge >= 0.3 is 0 Å². The van der Waals surface area contributed by atoms with Gasteiger partial charge in [0.1, 0.15) is 0 Å². The number of nitrogens with zero attached hydrogens (tertiary/aromatic N) is 1. The summed E-state index contributed by atoms with van der Waals surface area (Å²) in [6.07, 6.45) is 9.17. The molecule has 1 aliphatic carbocycles. The SMILES string of the molecule is CC(Cc1ccncc1)NC(=O)[C@@]12CCCC[C@H]1CNC2. The van der Waals surface area contributed by atoms with Gasteiger partial charge in [-0.1, -0.05) is 12.8 Å².